The number of piperidine rings is 1. The van der Waals surface area contributed by atoms with Gasteiger partial charge in [-0.2, -0.15) is 0 Å². The second kappa shape index (κ2) is 8.72. The van der Waals surface area contributed by atoms with Gasteiger partial charge in [-0.3, -0.25) is 4.79 Å². The number of rotatable bonds is 4. The Labute approximate surface area is 157 Å². The Morgan fingerprint density at radius 2 is 1.69 bits per heavy atom. The highest BCUT2D eigenvalue weighted by molar-refractivity contribution is 6.30. The third kappa shape index (κ3) is 4.99. The first kappa shape index (κ1) is 18.3. The summed E-state index contributed by atoms with van der Waals surface area (Å²) >= 11 is 5.86. The molecule has 0 radical (unpaired) electrons. The summed E-state index contributed by atoms with van der Waals surface area (Å²) in [5.74, 6) is -0.00762. The molecular formula is C20H21ClN2O3. The smallest absolute Gasteiger partial charge is 0.407 e. The van der Waals surface area contributed by atoms with E-state index in [0.717, 1.165) is 5.56 Å². The number of alkyl carbamates (subject to hydrolysis) is 1. The lowest BCUT2D eigenvalue weighted by Gasteiger charge is -2.32. The molecule has 0 aromatic heterocycles. The van der Waals surface area contributed by atoms with Crippen LogP contribution in [0.2, 0.25) is 5.02 Å². The molecule has 0 saturated carbocycles. The van der Waals surface area contributed by atoms with Crippen molar-refractivity contribution < 1.29 is 14.3 Å². The molecule has 0 spiro atoms. The third-order valence-corrected chi connectivity index (χ3v) is 4.66. The Kier molecular flexibility index (Phi) is 6.12. The van der Waals surface area contributed by atoms with Crippen molar-refractivity contribution in [1.82, 2.24) is 10.2 Å². The fourth-order valence-electron chi connectivity index (χ4n) is 2.93. The van der Waals surface area contributed by atoms with Gasteiger partial charge < -0.3 is 15.0 Å². The minimum absolute atomic E-state index is 0.00762. The molecule has 26 heavy (non-hydrogen) atoms. The zero-order valence-corrected chi connectivity index (χ0v) is 15.1. The molecule has 1 N–H and O–H groups in total. The zero-order valence-electron chi connectivity index (χ0n) is 14.4. The van der Waals surface area contributed by atoms with E-state index in [9.17, 15) is 9.59 Å². The number of halogens is 1. The summed E-state index contributed by atoms with van der Waals surface area (Å²) in [6, 6.07) is 16.5. The number of hydrogen-bond acceptors (Lipinski definition) is 3. The summed E-state index contributed by atoms with van der Waals surface area (Å²) in [5.41, 5.74) is 1.58. The highest BCUT2D eigenvalue weighted by atomic mass is 35.5. The van der Waals surface area contributed by atoms with Gasteiger partial charge in [0.2, 0.25) is 0 Å². The van der Waals surface area contributed by atoms with Gasteiger partial charge in [-0.15, -0.1) is 0 Å². The SMILES string of the molecule is O=C(NC1CCN(C(=O)c2ccc(Cl)cc2)CC1)OCc1ccccc1. The van der Waals surface area contributed by atoms with E-state index in [1.54, 1.807) is 29.2 Å². The molecule has 1 fully saturated rings. The lowest BCUT2D eigenvalue weighted by atomic mass is 10.0. The van der Waals surface area contributed by atoms with Crippen LogP contribution in [0.3, 0.4) is 0 Å². The van der Waals surface area contributed by atoms with E-state index in [-0.39, 0.29) is 18.6 Å². The van der Waals surface area contributed by atoms with Gasteiger partial charge in [0.1, 0.15) is 6.61 Å². The normalized spacial score (nSPS) is 14.7. The second-order valence-corrected chi connectivity index (χ2v) is 6.72. The number of carbonyl (C=O) groups is 2. The lowest BCUT2D eigenvalue weighted by molar-refractivity contribution is 0.0701. The molecule has 1 aliphatic rings. The molecule has 3 rings (SSSR count). The molecular weight excluding hydrogens is 352 g/mol. The van der Waals surface area contributed by atoms with Gasteiger partial charge in [0.15, 0.2) is 0 Å². The Hall–Kier alpha value is -2.53. The first-order valence-corrected chi connectivity index (χ1v) is 9.01. The molecule has 1 saturated heterocycles. The predicted octanol–water partition coefficient (Wildman–Crippen LogP) is 3.87. The maximum absolute atomic E-state index is 12.5. The quantitative estimate of drug-likeness (QED) is 0.886. The van der Waals surface area contributed by atoms with Crippen LogP contribution in [0.4, 0.5) is 4.79 Å². The first-order chi connectivity index (χ1) is 12.6. The average molecular weight is 373 g/mol. The molecule has 136 valence electrons. The first-order valence-electron chi connectivity index (χ1n) is 8.64. The van der Waals surface area contributed by atoms with E-state index in [1.807, 2.05) is 30.3 Å². The van der Waals surface area contributed by atoms with E-state index >= 15 is 0 Å². The molecule has 0 bridgehead atoms. The van der Waals surface area contributed by atoms with Gasteiger partial charge in [0.05, 0.1) is 0 Å². The molecule has 0 unspecified atom stereocenters. The van der Waals surface area contributed by atoms with Gasteiger partial charge in [0, 0.05) is 29.7 Å². The number of hydrogen-bond donors (Lipinski definition) is 1. The minimum Gasteiger partial charge on any atom is -0.445 e. The van der Waals surface area contributed by atoms with Crippen molar-refractivity contribution in [3.8, 4) is 0 Å². The van der Waals surface area contributed by atoms with Gasteiger partial charge >= 0.3 is 6.09 Å². The molecule has 6 heteroatoms. The molecule has 0 atom stereocenters. The molecule has 1 aliphatic heterocycles. The van der Waals surface area contributed by atoms with Crippen molar-refractivity contribution in [2.75, 3.05) is 13.1 Å². The van der Waals surface area contributed by atoms with Crippen LogP contribution in [0.25, 0.3) is 0 Å². The van der Waals surface area contributed by atoms with Crippen LogP contribution < -0.4 is 5.32 Å². The lowest BCUT2D eigenvalue weighted by Crippen LogP contribution is -2.46. The number of carbonyl (C=O) groups excluding carboxylic acids is 2. The van der Waals surface area contributed by atoms with Crippen molar-refractivity contribution in [3.63, 3.8) is 0 Å². The van der Waals surface area contributed by atoms with Crippen LogP contribution in [-0.2, 0) is 11.3 Å². The van der Waals surface area contributed by atoms with E-state index in [2.05, 4.69) is 5.32 Å². The van der Waals surface area contributed by atoms with E-state index in [0.29, 0.717) is 36.5 Å². The van der Waals surface area contributed by atoms with Gasteiger partial charge in [-0.05, 0) is 42.7 Å². The number of nitrogens with zero attached hydrogens (tertiary/aromatic N) is 1. The standard InChI is InChI=1S/C20H21ClN2O3/c21-17-8-6-16(7-9-17)19(24)23-12-10-18(11-13-23)22-20(25)26-14-15-4-2-1-3-5-15/h1-9,18H,10-14H2,(H,22,25). The van der Waals surface area contributed by atoms with Crippen LogP contribution in [-0.4, -0.2) is 36.0 Å². The van der Waals surface area contributed by atoms with Crippen molar-refractivity contribution >= 4 is 23.6 Å². The molecule has 2 aromatic rings. The van der Waals surface area contributed by atoms with Crippen molar-refractivity contribution in [1.29, 1.82) is 0 Å². The fourth-order valence-corrected chi connectivity index (χ4v) is 3.06. The van der Waals surface area contributed by atoms with Crippen molar-refractivity contribution in [3.05, 3.63) is 70.7 Å². The van der Waals surface area contributed by atoms with Crippen LogP contribution in [0.15, 0.2) is 54.6 Å². The van der Waals surface area contributed by atoms with Gasteiger partial charge in [-0.25, -0.2) is 4.79 Å². The minimum atomic E-state index is -0.420. The Morgan fingerprint density at radius 3 is 2.35 bits per heavy atom. The summed E-state index contributed by atoms with van der Waals surface area (Å²) in [6.45, 7) is 1.46. The van der Waals surface area contributed by atoms with Gasteiger partial charge in [-0.1, -0.05) is 41.9 Å². The molecule has 2 aromatic carbocycles. The molecule has 1 heterocycles. The number of likely N-dealkylation sites (tertiary alicyclic amines) is 1. The maximum Gasteiger partial charge on any atom is 0.407 e. The number of ether oxygens (including phenoxy) is 1. The summed E-state index contributed by atoms with van der Waals surface area (Å²) in [7, 11) is 0. The van der Waals surface area contributed by atoms with E-state index in [1.165, 1.54) is 0 Å². The highest BCUT2D eigenvalue weighted by Gasteiger charge is 2.24. The maximum atomic E-state index is 12.5. The Morgan fingerprint density at radius 1 is 1.04 bits per heavy atom. The van der Waals surface area contributed by atoms with Crippen molar-refractivity contribution in [2.24, 2.45) is 0 Å². The van der Waals surface area contributed by atoms with Crippen LogP contribution in [0.1, 0.15) is 28.8 Å². The monoisotopic (exact) mass is 372 g/mol. The van der Waals surface area contributed by atoms with Crippen molar-refractivity contribution in [2.45, 2.75) is 25.5 Å². The van der Waals surface area contributed by atoms with Gasteiger partial charge in [0.25, 0.3) is 5.91 Å². The Balaban J connectivity index is 1.42. The number of nitrogens with one attached hydrogen (secondary N) is 1. The van der Waals surface area contributed by atoms with Crippen LogP contribution in [0, 0.1) is 0 Å². The highest BCUT2D eigenvalue weighted by Crippen LogP contribution is 2.16. The summed E-state index contributed by atoms with van der Waals surface area (Å²) in [6.07, 6.45) is 0.996. The summed E-state index contributed by atoms with van der Waals surface area (Å²) in [4.78, 5) is 26.2. The molecule has 2 amide bonds. The molecule has 5 nitrogen and oxygen atoms in total. The second-order valence-electron chi connectivity index (χ2n) is 6.28. The largest absolute Gasteiger partial charge is 0.445 e. The Bertz CT molecular complexity index is 741. The summed E-state index contributed by atoms with van der Waals surface area (Å²) < 4.78 is 5.24. The van der Waals surface area contributed by atoms with E-state index < -0.39 is 6.09 Å². The average Bonchev–Trinajstić information content (AvgIpc) is 2.68. The van der Waals surface area contributed by atoms with Crippen LogP contribution >= 0.6 is 11.6 Å². The third-order valence-electron chi connectivity index (χ3n) is 4.41. The zero-order chi connectivity index (χ0) is 18.4. The topological polar surface area (TPSA) is 58.6 Å². The molecule has 0 aliphatic carbocycles. The van der Waals surface area contributed by atoms with E-state index in [4.69, 9.17) is 16.3 Å². The number of amides is 2. The predicted molar refractivity (Wildman–Crippen MR) is 100 cm³/mol. The van der Waals surface area contributed by atoms with Crippen LogP contribution in [0.5, 0.6) is 0 Å². The summed E-state index contributed by atoms with van der Waals surface area (Å²) in [5, 5.41) is 3.49. The fraction of sp³-hybridized carbons (Fsp3) is 0.300. The number of benzene rings is 2.